The minimum Gasteiger partial charge on any atom is -0.497 e. The van der Waals surface area contributed by atoms with Crippen LogP contribution < -0.4 is 10.1 Å². The second-order valence-corrected chi connectivity index (χ2v) is 8.88. The van der Waals surface area contributed by atoms with Gasteiger partial charge in [-0.05, 0) is 49.4 Å². The van der Waals surface area contributed by atoms with Crippen molar-refractivity contribution in [3.63, 3.8) is 0 Å². The highest BCUT2D eigenvalue weighted by atomic mass is 19.4. The number of morpholine rings is 1. The largest absolute Gasteiger partial charge is 0.497 e. The van der Waals surface area contributed by atoms with Crippen LogP contribution in [-0.4, -0.2) is 84.7 Å². The number of aliphatic carboxylic acids is 1. The van der Waals surface area contributed by atoms with Gasteiger partial charge in [0, 0.05) is 30.8 Å². The van der Waals surface area contributed by atoms with Crippen molar-refractivity contribution in [2.24, 2.45) is 0 Å². The lowest BCUT2D eigenvalue weighted by atomic mass is 10.1. The Morgan fingerprint density at radius 1 is 1.15 bits per heavy atom. The maximum Gasteiger partial charge on any atom is 0.490 e. The Labute approximate surface area is 231 Å². The van der Waals surface area contributed by atoms with Gasteiger partial charge < -0.3 is 28.8 Å². The maximum atomic E-state index is 12.7. The van der Waals surface area contributed by atoms with Gasteiger partial charge in [-0.1, -0.05) is 11.2 Å². The van der Waals surface area contributed by atoms with E-state index >= 15 is 0 Å². The number of nitrogens with zero attached hydrogens (tertiary/aromatic N) is 3. The summed E-state index contributed by atoms with van der Waals surface area (Å²) in [6.45, 7) is 5.00. The molecule has 1 amide bonds. The number of carboxylic acids is 1. The zero-order chi connectivity index (χ0) is 29.4. The summed E-state index contributed by atoms with van der Waals surface area (Å²) in [4.78, 5) is 28.5. The maximum absolute atomic E-state index is 12.7. The Kier molecular flexibility index (Phi) is 9.57. The van der Waals surface area contributed by atoms with Crippen molar-refractivity contribution in [3.05, 3.63) is 54.3 Å². The zero-order valence-corrected chi connectivity index (χ0v) is 21.9. The summed E-state index contributed by atoms with van der Waals surface area (Å²) >= 11 is 0. The highest BCUT2D eigenvalue weighted by Crippen LogP contribution is 2.31. The first-order valence-electron chi connectivity index (χ1n) is 12.5. The van der Waals surface area contributed by atoms with Crippen LogP contribution in [0, 0.1) is 0 Å². The molecule has 14 heteroatoms. The number of methoxy groups -OCH3 is 1. The molecule has 1 aliphatic rings. The number of nitrogens with one attached hydrogen (secondary N) is 1. The van der Waals surface area contributed by atoms with E-state index in [0.29, 0.717) is 46.1 Å². The lowest BCUT2D eigenvalue weighted by Gasteiger charge is -2.26. The smallest absolute Gasteiger partial charge is 0.490 e. The molecule has 41 heavy (non-hydrogen) atoms. The molecule has 0 aliphatic carbocycles. The van der Waals surface area contributed by atoms with Gasteiger partial charge in [0.15, 0.2) is 5.58 Å². The highest BCUT2D eigenvalue weighted by molar-refractivity contribution is 6.00. The fourth-order valence-corrected chi connectivity index (χ4v) is 3.97. The standard InChI is InChI=1S/C25H26N4O5.C2HF3O2/c1-31-19-5-2-4-18(14-19)25-27-21(16-33-25)23-20-15-17(6-7-22(20)34-28-23)24(30)26-8-3-9-29-10-12-32-13-11-29;3-2(4,5)1(6)7/h2,4-7,14-16H,3,8-13H2,1H3,(H,26,30);(H,6,7). The van der Waals surface area contributed by atoms with Crippen LogP contribution in [0.15, 0.2) is 57.7 Å². The number of halogens is 3. The van der Waals surface area contributed by atoms with E-state index in [4.69, 9.17) is 28.3 Å². The summed E-state index contributed by atoms with van der Waals surface area (Å²) in [5.74, 6) is -1.73. The average Bonchev–Trinajstić information content (AvgIpc) is 3.63. The van der Waals surface area contributed by atoms with E-state index in [0.717, 1.165) is 44.8 Å². The molecule has 2 aromatic heterocycles. The molecule has 0 unspecified atom stereocenters. The summed E-state index contributed by atoms with van der Waals surface area (Å²) in [5, 5.41) is 15.0. The molecule has 218 valence electrons. The van der Waals surface area contributed by atoms with Gasteiger partial charge in [-0.2, -0.15) is 13.2 Å². The number of alkyl halides is 3. The number of oxazole rings is 1. The second-order valence-electron chi connectivity index (χ2n) is 8.88. The molecule has 0 saturated carbocycles. The number of carboxylic acid groups (broad SMARTS) is 1. The van der Waals surface area contributed by atoms with Crippen LogP contribution in [0.25, 0.3) is 33.8 Å². The molecule has 1 aliphatic heterocycles. The van der Waals surface area contributed by atoms with Gasteiger partial charge in [0.2, 0.25) is 5.89 Å². The summed E-state index contributed by atoms with van der Waals surface area (Å²) in [5.41, 5.74) is 2.95. The van der Waals surface area contributed by atoms with Crippen LogP contribution in [-0.2, 0) is 9.53 Å². The zero-order valence-electron chi connectivity index (χ0n) is 21.9. The lowest BCUT2D eigenvalue weighted by molar-refractivity contribution is -0.192. The number of hydrogen-bond donors (Lipinski definition) is 2. The van der Waals surface area contributed by atoms with Crippen LogP contribution in [0.2, 0.25) is 0 Å². The monoisotopic (exact) mass is 576 g/mol. The Morgan fingerprint density at radius 2 is 1.90 bits per heavy atom. The van der Waals surface area contributed by atoms with Crippen molar-refractivity contribution in [2.75, 3.05) is 46.5 Å². The number of carbonyl (C=O) groups is 2. The number of hydrogen-bond acceptors (Lipinski definition) is 9. The normalized spacial score (nSPS) is 13.9. The Morgan fingerprint density at radius 3 is 2.61 bits per heavy atom. The second kappa shape index (κ2) is 13.3. The van der Waals surface area contributed by atoms with Gasteiger partial charge >= 0.3 is 12.1 Å². The van der Waals surface area contributed by atoms with E-state index in [1.807, 2.05) is 24.3 Å². The van der Waals surface area contributed by atoms with Gasteiger partial charge in [0.25, 0.3) is 5.91 Å². The third kappa shape index (κ3) is 7.83. The number of fused-ring (bicyclic) bond motifs is 1. The van der Waals surface area contributed by atoms with Crippen molar-refractivity contribution in [2.45, 2.75) is 12.6 Å². The van der Waals surface area contributed by atoms with E-state index in [2.05, 4.69) is 20.4 Å². The predicted octanol–water partition coefficient (Wildman–Crippen LogP) is 4.24. The number of carbonyl (C=O) groups excluding carboxylic acids is 1. The van der Waals surface area contributed by atoms with Crippen LogP contribution in [0.3, 0.4) is 0 Å². The summed E-state index contributed by atoms with van der Waals surface area (Å²) in [7, 11) is 1.61. The topological polar surface area (TPSA) is 140 Å². The van der Waals surface area contributed by atoms with Crippen molar-refractivity contribution in [1.29, 1.82) is 0 Å². The Bertz CT molecular complexity index is 1480. The van der Waals surface area contributed by atoms with E-state index in [1.54, 1.807) is 25.3 Å². The Balaban J connectivity index is 0.000000493. The molecule has 11 nitrogen and oxygen atoms in total. The molecule has 5 rings (SSSR count). The molecule has 1 fully saturated rings. The molecule has 1 saturated heterocycles. The minimum atomic E-state index is -5.08. The molecule has 4 aromatic rings. The fourth-order valence-electron chi connectivity index (χ4n) is 3.97. The molecule has 0 bridgehead atoms. The molecule has 0 atom stereocenters. The third-order valence-electron chi connectivity index (χ3n) is 6.08. The van der Waals surface area contributed by atoms with Gasteiger partial charge in [0.1, 0.15) is 23.4 Å². The molecule has 0 radical (unpaired) electrons. The highest BCUT2D eigenvalue weighted by Gasteiger charge is 2.38. The number of ether oxygens (including phenoxy) is 2. The van der Waals surface area contributed by atoms with Crippen LogP contribution in [0.5, 0.6) is 5.75 Å². The minimum absolute atomic E-state index is 0.131. The molecular formula is C27H27F3N4O7. The van der Waals surface area contributed by atoms with E-state index in [-0.39, 0.29) is 5.91 Å². The number of amides is 1. The first-order valence-corrected chi connectivity index (χ1v) is 12.5. The molecule has 2 aromatic carbocycles. The van der Waals surface area contributed by atoms with E-state index < -0.39 is 12.1 Å². The molecular weight excluding hydrogens is 549 g/mol. The van der Waals surface area contributed by atoms with Crippen molar-refractivity contribution in [3.8, 4) is 28.6 Å². The average molecular weight is 577 g/mol. The SMILES string of the molecule is COc1cccc(-c2nc(-c3noc4ccc(C(=O)NCCCN5CCOCC5)cc34)co2)c1.O=C(O)C(F)(F)F. The molecule has 2 N–H and O–H groups in total. The van der Waals surface area contributed by atoms with Crippen molar-refractivity contribution in [1.82, 2.24) is 20.4 Å². The number of rotatable bonds is 8. The van der Waals surface area contributed by atoms with Crippen molar-refractivity contribution >= 4 is 22.8 Å². The van der Waals surface area contributed by atoms with E-state index in [9.17, 15) is 18.0 Å². The molecule has 3 heterocycles. The van der Waals surface area contributed by atoms with Crippen LogP contribution in [0.4, 0.5) is 13.2 Å². The van der Waals surface area contributed by atoms with Gasteiger partial charge in [-0.3, -0.25) is 9.69 Å². The van der Waals surface area contributed by atoms with Gasteiger partial charge in [0.05, 0.1) is 25.7 Å². The van der Waals surface area contributed by atoms with Crippen LogP contribution >= 0.6 is 0 Å². The first kappa shape index (κ1) is 29.6. The third-order valence-corrected chi connectivity index (χ3v) is 6.08. The number of benzene rings is 2. The quantitative estimate of drug-likeness (QED) is 0.293. The van der Waals surface area contributed by atoms with Gasteiger partial charge in [-0.25, -0.2) is 9.78 Å². The predicted molar refractivity (Wildman–Crippen MR) is 139 cm³/mol. The van der Waals surface area contributed by atoms with Crippen LogP contribution in [0.1, 0.15) is 16.8 Å². The molecule has 0 spiro atoms. The lowest BCUT2D eigenvalue weighted by Crippen LogP contribution is -2.38. The summed E-state index contributed by atoms with van der Waals surface area (Å²) in [6, 6.07) is 12.7. The fraction of sp³-hybridized carbons (Fsp3) is 0.333. The Hall–Kier alpha value is -4.43. The van der Waals surface area contributed by atoms with Gasteiger partial charge in [-0.15, -0.1) is 0 Å². The van der Waals surface area contributed by atoms with Crippen molar-refractivity contribution < 1.29 is 46.3 Å². The summed E-state index contributed by atoms with van der Waals surface area (Å²) < 4.78 is 53.5. The van der Waals surface area contributed by atoms with E-state index in [1.165, 1.54) is 6.26 Å². The number of aromatic nitrogens is 2. The summed E-state index contributed by atoms with van der Waals surface area (Å²) in [6.07, 6.45) is -2.66. The first-order chi connectivity index (χ1) is 19.7.